The number of carbonyl (C=O) groups excluding carboxylic acids is 1. The molecule has 1 aromatic rings. The number of hydrogen-bond donors (Lipinski definition) is 3. The van der Waals surface area contributed by atoms with Crippen LogP contribution in [0.3, 0.4) is 0 Å². The molecule has 1 aromatic heterocycles. The molecule has 0 spiro atoms. The van der Waals surface area contributed by atoms with Crippen molar-refractivity contribution in [2.24, 2.45) is 5.41 Å². The van der Waals surface area contributed by atoms with E-state index >= 15 is 0 Å². The summed E-state index contributed by atoms with van der Waals surface area (Å²) >= 11 is 0. The number of nitrogens with two attached hydrogens (primary N) is 1. The van der Waals surface area contributed by atoms with Crippen molar-refractivity contribution in [2.75, 3.05) is 24.1 Å². The maximum atomic E-state index is 11.6. The van der Waals surface area contributed by atoms with E-state index in [0.717, 1.165) is 5.56 Å². The molecule has 4 N–H and O–H groups in total. The molecule has 0 aliphatic rings. The van der Waals surface area contributed by atoms with Crippen LogP contribution in [0.1, 0.15) is 26.3 Å². The minimum Gasteiger partial charge on any atom is -0.396 e. The van der Waals surface area contributed by atoms with Crippen molar-refractivity contribution in [2.45, 2.75) is 27.7 Å². The van der Waals surface area contributed by atoms with Gasteiger partial charge in [0, 0.05) is 24.7 Å². The third kappa shape index (κ3) is 3.91. The molecule has 5 nitrogen and oxygen atoms in total. The predicted molar refractivity (Wildman–Crippen MR) is 74.3 cm³/mol. The molecule has 0 radical (unpaired) electrons. The first-order chi connectivity index (χ1) is 8.32. The van der Waals surface area contributed by atoms with Gasteiger partial charge in [0.05, 0.1) is 5.69 Å². The Labute approximate surface area is 108 Å². The Bertz CT molecular complexity index is 423. The third-order valence-electron chi connectivity index (χ3n) is 2.59. The summed E-state index contributed by atoms with van der Waals surface area (Å²) in [7, 11) is 0. The molecule has 0 saturated carbocycles. The number of nitrogens with one attached hydrogen (secondary N) is 2. The number of rotatable bonds is 4. The van der Waals surface area contributed by atoms with Crippen LogP contribution in [0.5, 0.6) is 0 Å². The van der Waals surface area contributed by atoms with E-state index in [-0.39, 0.29) is 11.3 Å². The zero-order valence-corrected chi connectivity index (χ0v) is 11.5. The Morgan fingerprint density at radius 2 is 2.06 bits per heavy atom. The van der Waals surface area contributed by atoms with Gasteiger partial charge in [0.1, 0.15) is 5.82 Å². The molecular formula is C13H22N4O. The highest BCUT2D eigenvalue weighted by Gasteiger charge is 2.20. The highest BCUT2D eigenvalue weighted by Crippen LogP contribution is 2.18. The van der Waals surface area contributed by atoms with Crippen LogP contribution in [-0.2, 0) is 4.79 Å². The fourth-order valence-corrected chi connectivity index (χ4v) is 1.33. The van der Waals surface area contributed by atoms with Crippen molar-refractivity contribution < 1.29 is 4.79 Å². The van der Waals surface area contributed by atoms with Crippen LogP contribution in [0.2, 0.25) is 0 Å². The van der Waals surface area contributed by atoms with E-state index in [2.05, 4.69) is 15.6 Å². The summed E-state index contributed by atoms with van der Waals surface area (Å²) in [6.45, 7) is 8.73. The number of aromatic nitrogens is 1. The molecule has 0 fully saturated rings. The van der Waals surface area contributed by atoms with Crippen LogP contribution in [-0.4, -0.2) is 24.0 Å². The predicted octanol–water partition coefficient (Wildman–Crippen LogP) is 1.55. The number of anilines is 2. The number of hydrogen-bond acceptors (Lipinski definition) is 4. The van der Waals surface area contributed by atoms with Gasteiger partial charge in [0.25, 0.3) is 0 Å². The highest BCUT2D eigenvalue weighted by molar-refractivity contribution is 5.81. The molecule has 0 aromatic carbocycles. The van der Waals surface area contributed by atoms with Gasteiger partial charge in [0.2, 0.25) is 5.91 Å². The zero-order chi connectivity index (χ0) is 13.8. The van der Waals surface area contributed by atoms with E-state index in [1.54, 1.807) is 6.20 Å². The summed E-state index contributed by atoms with van der Waals surface area (Å²) in [6, 6.07) is 1.86. The number of aryl methyl sites for hydroxylation is 1. The van der Waals surface area contributed by atoms with E-state index in [0.29, 0.717) is 24.6 Å². The molecule has 1 rings (SSSR count). The number of nitrogen functional groups attached to an aromatic ring is 1. The number of pyridine rings is 1. The Balaban J connectivity index is 2.39. The summed E-state index contributed by atoms with van der Waals surface area (Å²) in [5.74, 6) is 0.703. The molecule has 100 valence electrons. The minimum atomic E-state index is -0.361. The van der Waals surface area contributed by atoms with Crippen molar-refractivity contribution in [3.05, 3.63) is 17.8 Å². The van der Waals surface area contributed by atoms with E-state index < -0.39 is 0 Å². The lowest BCUT2D eigenvalue weighted by atomic mass is 9.96. The standard InChI is InChI=1S/C13H22N4O/c1-9-5-6-15-11(10(9)14)16-7-8-17-12(18)13(2,3)4/h5-6H,7-8,14H2,1-4H3,(H,15,16)(H,17,18). The quantitative estimate of drug-likeness (QED) is 0.708. The highest BCUT2D eigenvalue weighted by atomic mass is 16.2. The Morgan fingerprint density at radius 1 is 1.39 bits per heavy atom. The van der Waals surface area contributed by atoms with E-state index in [9.17, 15) is 4.79 Å². The maximum absolute atomic E-state index is 11.6. The van der Waals surface area contributed by atoms with Gasteiger partial charge >= 0.3 is 0 Å². The third-order valence-corrected chi connectivity index (χ3v) is 2.59. The molecular weight excluding hydrogens is 228 g/mol. The number of amides is 1. The summed E-state index contributed by atoms with van der Waals surface area (Å²) < 4.78 is 0. The second-order valence-electron chi connectivity index (χ2n) is 5.32. The topological polar surface area (TPSA) is 80.0 Å². The van der Waals surface area contributed by atoms with Gasteiger partial charge in [-0.1, -0.05) is 20.8 Å². The smallest absolute Gasteiger partial charge is 0.225 e. The van der Waals surface area contributed by atoms with Crippen LogP contribution in [0.25, 0.3) is 0 Å². The van der Waals surface area contributed by atoms with Crippen molar-refractivity contribution in [1.29, 1.82) is 0 Å². The van der Waals surface area contributed by atoms with Crippen LogP contribution in [0, 0.1) is 12.3 Å². The van der Waals surface area contributed by atoms with Crippen LogP contribution in [0.15, 0.2) is 12.3 Å². The zero-order valence-electron chi connectivity index (χ0n) is 11.5. The first-order valence-electron chi connectivity index (χ1n) is 6.05. The lowest BCUT2D eigenvalue weighted by molar-refractivity contribution is -0.128. The average molecular weight is 250 g/mol. The summed E-state index contributed by atoms with van der Waals surface area (Å²) in [5, 5.41) is 5.97. The molecule has 18 heavy (non-hydrogen) atoms. The normalized spacial score (nSPS) is 11.1. The molecule has 1 amide bonds. The first kappa shape index (κ1) is 14.3. The van der Waals surface area contributed by atoms with Crippen molar-refractivity contribution in [1.82, 2.24) is 10.3 Å². The van der Waals surface area contributed by atoms with Crippen LogP contribution < -0.4 is 16.4 Å². The molecule has 0 aliphatic heterocycles. The summed E-state index contributed by atoms with van der Waals surface area (Å²) in [4.78, 5) is 15.8. The maximum Gasteiger partial charge on any atom is 0.225 e. The Morgan fingerprint density at radius 3 is 2.67 bits per heavy atom. The molecule has 0 unspecified atom stereocenters. The van der Waals surface area contributed by atoms with Crippen LogP contribution >= 0.6 is 0 Å². The lowest BCUT2D eigenvalue weighted by Crippen LogP contribution is -2.37. The molecule has 1 heterocycles. The van der Waals surface area contributed by atoms with Gasteiger partial charge in [-0.3, -0.25) is 4.79 Å². The lowest BCUT2D eigenvalue weighted by Gasteiger charge is -2.18. The van der Waals surface area contributed by atoms with E-state index in [4.69, 9.17) is 5.73 Å². The van der Waals surface area contributed by atoms with Gasteiger partial charge in [0.15, 0.2) is 0 Å². The monoisotopic (exact) mass is 250 g/mol. The second-order valence-corrected chi connectivity index (χ2v) is 5.32. The van der Waals surface area contributed by atoms with E-state index in [1.165, 1.54) is 0 Å². The number of carbonyl (C=O) groups is 1. The van der Waals surface area contributed by atoms with Gasteiger partial charge in [-0.05, 0) is 18.6 Å². The van der Waals surface area contributed by atoms with Gasteiger partial charge in [-0.2, -0.15) is 0 Å². The first-order valence-corrected chi connectivity index (χ1v) is 6.05. The van der Waals surface area contributed by atoms with Crippen LogP contribution in [0.4, 0.5) is 11.5 Å². The Hall–Kier alpha value is -1.78. The van der Waals surface area contributed by atoms with E-state index in [1.807, 2.05) is 33.8 Å². The molecule has 0 saturated heterocycles. The molecule has 0 atom stereocenters. The second kappa shape index (κ2) is 5.71. The Kier molecular flexibility index (Phi) is 4.53. The largest absolute Gasteiger partial charge is 0.396 e. The molecule has 0 bridgehead atoms. The van der Waals surface area contributed by atoms with Gasteiger partial charge < -0.3 is 16.4 Å². The molecule has 0 aliphatic carbocycles. The fourth-order valence-electron chi connectivity index (χ4n) is 1.33. The summed E-state index contributed by atoms with van der Waals surface area (Å²) in [5.41, 5.74) is 7.17. The minimum absolute atomic E-state index is 0.0365. The average Bonchev–Trinajstić information content (AvgIpc) is 2.28. The fraction of sp³-hybridized carbons (Fsp3) is 0.538. The number of nitrogens with zero attached hydrogens (tertiary/aromatic N) is 1. The SMILES string of the molecule is Cc1ccnc(NCCNC(=O)C(C)(C)C)c1N. The van der Waals surface area contributed by atoms with Gasteiger partial charge in [-0.15, -0.1) is 0 Å². The summed E-state index contributed by atoms with van der Waals surface area (Å²) in [6.07, 6.45) is 1.71. The van der Waals surface area contributed by atoms with Crippen molar-refractivity contribution >= 4 is 17.4 Å². The van der Waals surface area contributed by atoms with Crippen molar-refractivity contribution in [3.8, 4) is 0 Å². The van der Waals surface area contributed by atoms with Crippen molar-refractivity contribution in [3.63, 3.8) is 0 Å². The molecule has 5 heteroatoms. The van der Waals surface area contributed by atoms with Gasteiger partial charge in [-0.25, -0.2) is 4.98 Å².